The van der Waals surface area contributed by atoms with Gasteiger partial charge in [0.15, 0.2) is 6.61 Å². The standard InChI is InChI=1S/C20H21FN2O5S/c1-15-6-8-16(9-7-15)11-13-29(26,27)22-12-10-20(25)28-14-19(24)23-18-5-3-2-4-17(18)21/h2-9,11,13,22H,10,12,14H2,1H3,(H,23,24)/b13-11+. The summed E-state index contributed by atoms with van der Waals surface area (Å²) in [4.78, 5) is 23.3. The number of rotatable bonds is 9. The lowest BCUT2D eigenvalue weighted by Crippen LogP contribution is -2.26. The van der Waals surface area contributed by atoms with Gasteiger partial charge in [-0.15, -0.1) is 0 Å². The van der Waals surface area contributed by atoms with Gasteiger partial charge in [0.05, 0.1) is 12.1 Å². The molecule has 0 heterocycles. The molecule has 0 atom stereocenters. The van der Waals surface area contributed by atoms with Gasteiger partial charge in [0.1, 0.15) is 5.82 Å². The number of esters is 1. The molecule has 0 spiro atoms. The Kier molecular flexibility index (Phi) is 8.05. The fourth-order valence-electron chi connectivity index (χ4n) is 2.16. The first-order valence-electron chi connectivity index (χ1n) is 8.69. The average Bonchev–Trinajstić information content (AvgIpc) is 2.68. The summed E-state index contributed by atoms with van der Waals surface area (Å²) in [6.07, 6.45) is 1.18. The van der Waals surface area contributed by atoms with Crippen molar-refractivity contribution >= 4 is 33.7 Å². The van der Waals surface area contributed by atoms with Crippen LogP contribution in [0.15, 0.2) is 53.9 Å². The predicted molar refractivity (Wildman–Crippen MR) is 108 cm³/mol. The summed E-state index contributed by atoms with van der Waals surface area (Å²) < 4.78 is 44.2. The van der Waals surface area contributed by atoms with Crippen LogP contribution in [0.3, 0.4) is 0 Å². The van der Waals surface area contributed by atoms with E-state index in [0.29, 0.717) is 0 Å². The average molecular weight is 420 g/mol. The van der Waals surface area contributed by atoms with Crippen molar-refractivity contribution in [3.63, 3.8) is 0 Å². The first-order chi connectivity index (χ1) is 13.7. The van der Waals surface area contributed by atoms with Gasteiger partial charge in [0.25, 0.3) is 5.91 Å². The van der Waals surface area contributed by atoms with Crippen molar-refractivity contribution in [2.24, 2.45) is 0 Å². The van der Waals surface area contributed by atoms with E-state index in [1.807, 2.05) is 19.1 Å². The van der Waals surface area contributed by atoms with Crippen molar-refractivity contribution in [3.05, 3.63) is 70.9 Å². The summed E-state index contributed by atoms with van der Waals surface area (Å²) in [5.74, 6) is -2.08. The molecule has 0 saturated heterocycles. The summed E-state index contributed by atoms with van der Waals surface area (Å²) in [5.41, 5.74) is 1.76. The lowest BCUT2D eigenvalue weighted by Gasteiger charge is -2.07. The summed E-state index contributed by atoms with van der Waals surface area (Å²) >= 11 is 0. The number of hydrogen-bond donors (Lipinski definition) is 2. The predicted octanol–water partition coefficient (Wildman–Crippen LogP) is 2.60. The molecule has 29 heavy (non-hydrogen) atoms. The molecule has 0 fully saturated rings. The van der Waals surface area contributed by atoms with E-state index >= 15 is 0 Å². The van der Waals surface area contributed by atoms with Crippen molar-refractivity contribution in [1.29, 1.82) is 0 Å². The smallest absolute Gasteiger partial charge is 0.307 e. The lowest BCUT2D eigenvalue weighted by atomic mass is 10.2. The van der Waals surface area contributed by atoms with Crippen LogP contribution in [0.1, 0.15) is 17.5 Å². The Morgan fingerprint density at radius 2 is 1.79 bits per heavy atom. The highest BCUT2D eigenvalue weighted by Gasteiger charge is 2.11. The lowest BCUT2D eigenvalue weighted by molar-refractivity contribution is -0.147. The Labute approximate surface area is 168 Å². The van der Waals surface area contributed by atoms with Gasteiger partial charge < -0.3 is 10.1 Å². The number of nitrogens with one attached hydrogen (secondary N) is 2. The van der Waals surface area contributed by atoms with Gasteiger partial charge in [-0.05, 0) is 30.7 Å². The number of anilines is 1. The number of halogens is 1. The number of benzene rings is 2. The highest BCUT2D eigenvalue weighted by atomic mass is 32.2. The molecule has 7 nitrogen and oxygen atoms in total. The highest BCUT2D eigenvalue weighted by Crippen LogP contribution is 2.12. The van der Waals surface area contributed by atoms with Gasteiger partial charge in [0.2, 0.25) is 10.0 Å². The molecule has 1 amide bonds. The summed E-state index contributed by atoms with van der Waals surface area (Å²) in [7, 11) is -3.72. The first-order valence-corrected chi connectivity index (χ1v) is 10.2. The topological polar surface area (TPSA) is 102 Å². The SMILES string of the molecule is Cc1ccc(/C=C/S(=O)(=O)NCCC(=O)OCC(=O)Nc2ccccc2F)cc1. The molecular weight excluding hydrogens is 399 g/mol. The third-order valence-corrected chi connectivity index (χ3v) is 4.76. The molecule has 2 N–H and O–H groups in total. The molecule has 0 radical (unpaired) electrons. The molecule has 0 aliphatic rings. The van der Waals surface area contributed by atoms with Crippen LogP contribution in [0.5, 0.6) is 0 Å². The van der Waals surface area contributed by atoms with E-state index in [0.717, 1.165) is 16.5 Å². The van der Waals surface area contributed by atoms with Gasteiger partial charge >= 0.3 is 5.97 Å². The zero-order valence-corrected chi connectivity index (χ0v) is 16.5. The molecule has 0 aromatic heterocycles. The van der Waals surface area contributed by atoms with Crippen LogP contribution in [0.2, 0.25) is 0 Å². The Morgan fingerprint density at radius 1 is 1.10 bits per heavy atom. The third-order valence-electron chi connectivity index (χ3n) is 3.66. The van der Waals surface area contributed by atoms with E-state index in [1.165, 1.54) is 24.3 Å². The normalized spacial score (nSPS) is 11.4. The second-order valence-corrected chi connectivity index (χ2v) is 7.74. The van der Waals surface area contributed by atoms with Crippen molar-refractivity contribution < 1.29 is 27.1 Å². The summed E-state index contributed by atoms with van der Waals surface area (Å²) in [6.45, 7) is 1.13. The maximum atomic E-state index is 13.4. The molecule has 0 saturated carbocycles. The monoisotopic (exact) mass is 420 g/mol. The van der Waals surface area contributed by atoms with Crippen LogP contribution in [-0.4, -0.2) is 33.4 Å². The minimum Gasteiger partial charge on any atom is -0.456 e. The van der Waals surface area contributed by atoms with Gasteiger partial charge in [-0.3, -0.25) is 9.59 Å². The second-order valence-electron chi connectivity index (χ2n) is 6.09. The van der Waals surface area contributed by atoms with Crippen LogP contribution in [-0.2, 0) is 24.3 Å². The van der Waals surface area contributed by atoms with Gasteiger partial charge in [-0.2, -0.15) is 0 Å². The number of carbonyl (C=O) groups is 2. The van der Waals surface area contributed by atoms with Gasteiger partial charge in [0, 0.05) is 12.0 Å². The van der Waals surface area contributed by atoms with E-state index in [2.05, 4.69) is 10.0 Å². The molecule has 0 unspecified atom stereocenters. The van der Waals surface area contributed by atoms with Crippen LogP contribution in [0.25, 0.3) is 6.08 Å². The Balaban J connectivity index is 1.71. The molecule has 2 aromatic carbocycles. The number of ether oxygens (including phenoxy) is 1. The molecule has 0 bridgehead atoms. The molecule has 0 aliphatic carbocycles. The molecule has 2 rings (SSSR count). The van der Waals surface area contributed by atoms with Crippen molar-refractivity contribution in [2.75, 3.05) is 18.5 Å². The van der Waals surface area contributed by atoms with Crippen LogP contribution in [0.4, 0.5) is 10.1 Å². The number of carbonyl (C=O) groups excluding carboxylic acids is 2. The third kappa shape index (κ3) is 8.24. The Morgan fingerprint density at radius 3 is 2.48 bits per heavy atom. The second kappa shape index (κ2) is 10.5. The van der Waals surface area contributed by atoms with Crippen molar-refractivity contribution in [3.8, 4) is 0 Å². The van der Waals surface area contributed by atoms with Crippen LogP contribution >= 0.6 is 0 Å². The van der Waals surface area contributed by atoms with E-state index < -0.39 is 34.3 Å². The Bertz CT molecular complexity index is 988. The minimum absolute atomic E-state index is 0.0262. The van der Waals surface area contributed by atoms with Gasteiger partial charge in [-0.25, -0.2) is 17.5 Å². The number of aryl methyl sites for hydroxylation is 1. The molecule has 9 heteroatoms. The van der Waals surface area contributed by atoms with Crippen molar-refractivity contribution in [2.45, 2.75) is 13.3 Å². The fourth-order valence-corrected chi connectivity index (χ4v) is 2.98. The number of amides is 1. The van der Waals surface area contributed by atoms with Crippen molar-refractivity contribution in [1.82, 2.24) is 4.72 Å². The minimum atomic E-state index is -3.72. The van der Waals surface area contributed by atoms with Crippen LogP contribution in [0, 0.1) is 12.7 Å². The highest BCUT2D eigenvalue weighted by molar-refractivity contribution is 7.92. The van der Waals surface area contributed by atoms with E-state index in [-0.39, 0.29) is 18.7 Å². The van der Waals surface area contributed by atoms with E-state index in [1.54, 1.807) is 18.2 Å². The molecular formula is C20H21FN2O5S. The molecule has 154 valence electrons. The van der Waals surface area contributed by atoms with E-state index in [4.69, 9.17) is 4.74 Å². The van der Waals surface area contributed by atoms with E-state index in [9.17, 15) is 22.4 Å². The first kappa shape index (κ1) is 22.3. The fraction of sp³-hybridized carbons (Fsp3) is 0.200. The summed E-state index contributed by atoms with van der Waals surface area (Å²) in [6, 6.07) is 12.9. The molecule has 2 aromatic rings. The zero-order valence-electron chi connectivity index (χ0n) is 15.7. The quantitative estimate of drug-likeness (QED) is 0.607. The number of sulfonamides is 1. The number of para-hydroxylation sites is 1. The maximum Gasteiger partial charge on any atom is 0.307 e. The zero-order chi connectivity index (χ0) is 21.3. The summed E-state index contributed by atoms with van der Waals surface area (Å²) in [5, 5.41) is 3.27. The maximum absolute atomic E-state index is 13.4. The largest absolute Gasteiger partial charge is 0.456 e. The molecule has 0 aliphatic heterocycles. The van der Waals surface area contributed by atoms with Crippen LogP contribution < -0.4 is 10.0 Å². The van der Waals surface area contributed by atoms with Gasteiger partial charge in [-0.1, -0.05) is 42.0 Å². The Hall–Kier alpha value is -3.04. The number of hydrogen-bond acceptors (Lipinski definition) is 5.